The lowest BCUT2D eigenvalue weighted by Crippen LogP contribution is -2.13. The summed E-state index contributed by atoms with van der Waals surface area (Å²) in [7, 11) is 0. The van der Waals surface area contributed by atoms with E-state index in [9.17, 15) is 9.59 Å². The standard InChI is InChI=1S/C17H13ClN2O3/c1-9-5-6-11(17(22)23)8-13(9)20-16(21)14-7-10-3-2-4-12(18)15(10)19-14/h2-8,19H,1H3,(H,20,21)(H,22,23). The van der Waals surface area contributed by atoms with Crippen LogP contribution in [0.5, 0.6) is 0 Å². The number of benzene rings is 2. The number of aryl methyl sites for hydroxylation is 1. The van der Waals surface area contributed by atoms with E-state index in [1.165, 1.54) is 12.1 Å². The first-order valence-corrected chi connectivity index (χ1v) is 7.26. The fourth-order valence-corrected chi connectivity index (χ4v) is 2.55. The van der Waals surface area contributed by atoms with Crippen LogP contribution in [-0.4, -0.2) is 22.0 Å². The largest absolute Gasteiger partial charge is 0.478 e. The lowest BCUT2D eigenvalue weighted by Gasteiger charge is -2.08. The highest BCUT2D eigenvalue weighted by Crippen LogP contribution is 2.24. The number of carboxylic acids is 1. The Morgan fingerprint density at radius 2 is 1.96 bits per heavy atom. The molecule has 1 amide bonds. The lowest BCUT2D eigenvalue weighted by atomic mass is 10.1. The highest BCUT2D eigenvalue weighted by molar-refractivity contribution is 6.35. The van der Waals surface area contributed by atoms with Crippen LogP contribution in [0.25, 0.3) is 10.9 Å². The van der Waals surface area contributed by atoms with Crippen molar-refractivity contribution in [2.24, 2.45) is 0 Å². The molecular formula is C17H13ClN2O3. The minimum absolute atomic E-state index is 0.116. The number of hydrogen-bond acceptors (Lipinski definition) is 2. The molecule has 0 fully saturated rings. The summed E-state index contributed by atoms with van der Waals surface area (Å²) in [5, 5.41) is 13.1. The zero-order valence-corrected chi connectivity index (χ0v) is 12.9. The lowest BCUT2D eigenvalue weighted by molar-refractivity contribution is 0.0696. The molecule has 5 nitrogen and oxygen atoms in total. The fraction of sp³-hybridized carbons (Fsp3) is 0.0588. The molecule has 3 rings (SSSR count). The third kappa shape index (κ3) is 2.91. The molecule has 0 aliphatic heterocycles. The molecule has 0 spiro atoms. The smallest absolute Gasteiger partial charge is 0.335 e. The van der Waals surface area contributed by atoms with Gasteiger partial charge in [-0.05, 0) is 36.8 Å². The van der Waals surface area contributed by atoms with Crippen LogP contribution in [0.2, 0.25) is 5.02 Å². The monoisotopic (exact) mass is 328 g/mol. The molecule has 23 heavy (non-hydrogen) atoms. The van der Waals surface area contributed by atoms with Gasteiger partial charge in [-0.1, -0.05) is 29.8 Å². The summed E-state index contributed by atoms with van der Waals surface area (Å²) in [6.07, 6.45) is 0. The van der Waals surface area contributed by atoms with Crippen LogP contribution in [0.4, 0.5) is 5.69 Å². The highest BCUT2D eigenvalue weighted by atomic mass is 35.5. The van der Waals surface area contributed by atoms with E-state index in [0.717, 1.165) is 10.9 Å². The minimum Gasteiger partial charge on any atom is -0.478 e. The van der Waals surface area contributed by atoms with E-state index in [2.05, 4.69) is 10.3 Å². The number of para-hydroxylation sites is 1. The first-order chi connectivity index (χ1) is 11.0. The third-order valence-electron chi connectivity index (χ3n) is 3.58. The van der Waals surface area contributed by atoms with Crippen molar-refractivity contribution in [3.8, 4) is 0 Å². The molecule has 116 valence electrons. The van der Waals surface area contributed by atoms with Gasteiger partial charge in [0.1, 0.15) is 5.69 Å². The second-order valence-electron chi connectivity index (χ2n) is 5.18. The van der Waals surface area contributed by atoms with E-state index >= 15 is 0 Å². The molecule has 1 heterocycles. The van der Waals surface area contributed by atoms with Gasteiger partial charge in [-0.2, -0.15) is 0 Å². The number of aromatic nitrogens is 1. The predicted octanol–water partition coefficient (Wildman–Crippen LogP) is 4.08. The summed E-state index contributed by atoms with van der Waals surface area (Å²) < 4.78 is 0. The second-order valence-corrected chi connectivity index (χ2v) is 5.58. The first-order valence-electron chi connectivity index (χ1n) is 6.88. The second kappa shape index (κ2) is 5.78. The van der Waals surface area contributed by atoms with Crippen LogP contribution in [0.1, 0.15) is 26.4 Å². The number of halogens is 1. The molecule has 3 aromatic rings. The number of rotatable bonds is 3. The SMILES string of the molecule is Cc1ccc(C(=O)O)cc1NC(=O)c1cc2cccc(Cl)c2[nH]1. The summed E-state index contributed by atoms with van der Waals surface area (Å²) in [6.45, 7) is 1.79. The van der Waals surface area contributed by atoms with E-state index in [-0.39, 0.29) is 11.5 Å². The van der Waals surface area contributed by atoms with Crippen molar-refractivity contribution in [3.63, 3.8) is 0 Å². The number of amides is 1. The number of carbonyl (C=O) groups excluding carboxylic acids is 1. The Morgan fingerprint density at radius 3 is 2.65 bits per heavy atom. The van der Waals surface area contributed by atoms with Gasteiger partial charge in [0.25, 0.3) is 5.91 Å². The number of aromatic carboxylic acids is 1. The molecule has 0 bridgehead atoms. The minimum atomic E-state index is -1.04. The molecule has 0 radical (unpaired) electrons. The van der Waals surface area contributed by atoms with Crippen molar-refractivity contribution in [2.45, 2.75) is 6.92 Å². The number of carbonyl (C=O) groups is 2. The van der Waals surface area contributed by atoms with Crippen LogP contribution in [0, 0.1) is 6.92 Å². The topological polar surface area (TPSA) is 82.2 Å². The van der Waals surface area contributed by atoms with Gasteiger partial charge in [0.2, 0.25) is 0 Å². The van der Waals surface area contributed by atoms with Crippen molar-refractivity contribution in [1.29, 1.82) is 0 Å². The Morgan fingerprint density at radius 1 is 1.17 bits per heavy atom. The zero-order chi connectivity index (χ0) is 16.6. The number of carboxylic acid groups (broad SMARTS) is 1. The first kappa shape index (κ1) is 15.1. The molecule has 6 heteroatoms. The van der Waals surface area contributed by atoms with Crippen LogP contribution in [0.15, 0.2) is 42.5 Å². The maximum absolute atomic E-state index is 12.4. The van der Waals surface area contributed by atoms with Crippen molar-refractivity contribution in [1.82, 2.24) is 4.98 Å². The fourth-order valence-electron chi connectivity index (χ4n) is 2.32. The van der Waals surface area contributed by atoms with Crippen LogP contribution in [0.3, 0.4) is 0 Å². The van der Waals surface area contributed by atoms with E-state index < -0.39 is 5.97 Å². The summed E-state index contributed by atoms with van der Waals surface area (Å²) in [5.74, 6) is -1.40. The molecule has 0 saturated carbocycles. The van der Waals surface area contributed by atoms with Gasteiger partial charge in [0.15, 0.2) is 0 Å². The molecular weight excluding hydrogens is 316 g/mol. The number of fused-ring (bicyclic) bond motifs is 1. The van der Waals surface area contributed by atoms with E-state index in [1.54, 1.807) is 31.2 Å². The van der Waals surface area contributed by atoms with E-state index in [4.69, 9.17) is 16.7 Å². The highest BCUT2D eigenvalue weighted by Gasteiger charge is 2.13. The number of nitrogens with one attached hydrogen (secondary N) is 2. The molecule has 0 saturated heterocycles. The number of aromatic amines is 1. The number of hydrogen-bond donors (Lipinski definition) is 3. The Hall–Kier alpha value is -2.79. The summed E-state index contributed by atoms with van der Waals surface area (Å²) >= 11 is 6.09. The molecule has 0 aliphatic rings. The molecule has 0 aliphatic carbocycles. The summed E-state index contributed by atoms with van der Waals surface area (Å²) in [6, 6.07) is 11.7. The summed E-state index contributed by atoms with van der Waals surface area (Å²) in [5.41, 5.74) is 2.39. The van der Waals surface area contributed by atoms with Crippen molar-refractivity contribution < 1.29 is 14.7 Å². The summed E-state index contributed by atoms with van der Waals surface area (Å²) in [4.78, 5) is 26.4. The number of H-pyrrole nitrogens is 1. The molecule has 0 unspecified atom stereocenters. The molecule has 2 aromatic carbocycles. The van der Waals surface area contributed by atoms with Gasteiger partial charge in [-0.15, -0.1) is 0 Å². The van der Waals surface area contributed by atoms with E-state index in [0.29, 0.717) is 21.9 Å². The quantitative estimate of drug-likeness (QED) is 0.677. The van der Waals surface area contributed by atoms with Crippen molar-refractivity contribution in [2.75, 3.05) is 5.32 Å². The molecule has 3 N–H and O–H groups in total. The van der Waals surface area contributed by atoms with Crippen LogP contribution in [-0.2, 0) is 0 Å². The Labute approximate surface area is 136 Å². The van der Waals surface area contributed by atoms with Gasteiger partial charge in [-0.25, -0.2) is 4.79 Å². The average molecular weight is 329 g/mol. The molecule has 1 aromatic heterocycles. The van der Waals surface area contributed by atoms with Gasteiger partial charge < -0.3 is 15.4 Å². The third-order valence-corrected chi connectivity index (χ3v) is 3.90. The van der Waals surface area contributed by atoms with Crippen LogP contribution < -0.4 is 5.32 Å². The Balaban J connectivity index is 1.93. The van der Waals surface area contributed by atoms with Gasteiger partial charge in [-0.3, -0.25) is 4.79 Å². The van der Waals surface area contributed by atoms with Crippen molar-refractivity contribution >= 4 is 40.1 Å². The van der Waals surface area contributed by atoms with Crippen molar-refractivity contribution in [3.05, 3.63) is 64.3 Å². The maximum atomic E-state index is 12.4. The maximum Gasteiger partial charge on any atom is 0.335 e. The van der Waals surface area contributed by atoms with E-state index in [1.807, 2.05) is 6.07 Å². The average Bonchev–Trinajstić information content (AvgIpc) is 2.95. The predicted molar refractivity (Wildman–Crippen MR) is 89.4 cm³/mol. The zero-order valence-electron chi connectivity index (χ0n) is 12.2. The van der Waals surface area contributed by atoms with Gasteiger partial charge in [0, 0.05) is 11.1 Å². The van der Waals surface area contributed by atoms with Gasteiger partial charge in [0.05, 0.1) is 16.1 Å². The Kier molecular flexibility index (Phi) is 3.80. The van der Waals surface area contributed by atoms with Crippen LogP contribution >= 0.6 is 11.6 Å². The normalized spacial score (nSPS) is 10.7. The Bertz CT molecular complexity index is 931. The molecule has 0 atom stereocenters. The van der Waals surface area contributed by atoms with Gasteiger partial charge >= 0.3 is 5.97 Å². The number of anilines is 1.